The lowest BCUT2D eigenvalue weighted by Crippen LogP contribution is -2.53. The maximum absolute atomic E-state index is 11.8. The lowest BCUT2D eigenvalue weighted by atomic mass is 9.97. The van der Waals surface area contributed by atoms with Crippen LogP contribution in [0.5, 0.6) is 5.75 Å². The molecule has 0 spiro atoms. The number of anilines is 3. The second-order valence-electron chi connectivity index (χ2n) is 3.64. The zero-order chi connectivity index (χ0) is 12.0. The number of carbonyl (C=O) groups is 1. The van der Waals surface area contributed by atoms with E-state index in [2.05, 4.69) is 0 Å². The van der Waals surface area contributed by atoms with Gasteiger partial charge in [-0.25, -0.2) is 0 Å². The Morgan fingerprint density at radius 1 is 1.12 bits per heavy atom. The van der Waals surface area contributed by atoms with Crippen LogP contribution >= 0.6 is 0 Å². The number of nitrogens with two attached hydrogens (primary N) is 5. The van der Waals surface area contributed by atoms with E-state index >= 15 is 0 Å². The molecule has 1 heterocycles. The maximum atomic E-state index is 11.8. The predicted octanol–water partition coefficient (Wildman–Crippen LogP) is -1.38. The second-order valence-corrected chi connectivity index (χ2v) is 3.64. The first-order valence-electron chi connectivity index (χ1n) is 4.63. The Balaban J connectivity index is 2.66. The SMILES string of the molecule is Nc1cc2c(c(N)c1N)OC(N)C(N)C2=O. The van der Waals surface area contributed by atoms with Gasteiger partial charge in [-0.3, -0.25) is 10.5 Å². The molecule has 16 heavy (non-hydrogen) atoms. The number of nitrogen functional groups attached to an aromatic ring is 3. The molecule has 2 rings (SSSR count). The van der Waals surface area contributed by atoms with Gasteiger partial charge < -0.3 is 27.7 Å². The van der Waals surface area contributed by atoms with Gasteiger partial charge in [0.2, 0.25) is 0 Å². The van der Waals surface area contributed by atoms with Crippen LogP contribution in [0.25, 0.3) is 0 Å². The molecule has 0 saturated heterocycles. The lowest BCUT2D eigenvalue weighted by Gasteiger charge is -2.28. The van der Waals surface area contributed by atoms with Crippen molar-refractivity contribution in [1.29, 1.82) is 0 Å². The summed E-state index contributed by atoms with van der Waals surface area (Å²) in [6.07, 6.45) is -0.926. The van der Waals surface area contributed by atoms with Crippen molar-refractivity contribution in [3.8, 4) is 5.75 Å². The van der Waals surface area contributed by atoms with Crippen molar-refractivity contribution in [3.63, 3.8) is 0 Å². The van der Waals surface area contributed by atoms with Crippen LogP contribution in [0, 0.1) is 0 Å². The minimum Gasteiger partial charge on any atom is -0.470 e. The number of ether oxygens (including phenoxy) is 1. The highest BCUT2D eigenvalue weighted by Gasteiger charge is 2.34. The summed E-state index contributed by atoms with van der Waals surface area (Å²) in [5.74, 6) is -0.196. The second kappa shape index (κ2) is 3.26. The number of rotatable bonds is 0. The summed E-state index contributed by atoms with van der Waals surface area (Å²) in [5.41, 5.74) is 28.8. The number of fused-ring (bicyclic) bond motifs is 1. The Morgan fingerprint density at radius 2 is 1.75 bits per heavy atom. The minimum absolute atomic E-state index is 0.116. The van der Waals surface area contributed by atoms with Gasteiger partial charge in [-0.1, -0.05) is 0 Å². The molecule has 0 radical (unpaired) electrons. The summed E-state index contributed by atoms with van der Waals surface area (Å²) in [5, 5.41) is 0. The van der Waals surface area contributed by atoms with Crippen LogP contribution in [0.2, 0.25) is 0 Å². The zero-order valence-corrected chi connectivity index (χ0v) is 8.44. The van der Waals surface area contributed by atoms with Gasteiger partial charge in [0, 0.05) is 0 Å². The van der Waals surface area contributed by atoms with Crippen LogP contribution in [-0.2, 0) is 0 Å². The van der Waals surface area contributed by atoms with Crippen LogP contribution in [0.3, 0.4) is 0 Å². The third kappa shape index (κ3) is 1.26. The number of hydrogen-bond donors (Lipinski definition) is 5. The standard InChI is InChI=1S/C9H13N5O2/c10-3-1-2-7(15)6(13)9(14)16-8(2)5(12)4(3)11/h1,6,9H,10-14H2. The third-order valence-electron chi connectivity index (χ3n) is 2.57. The van der Waals surface area contributed by atoms with Gasteiger partial charge in [-0.15, -0.1) is 0 Å². The van der Waals surface area contributed by atoms with Gasteiger partial charge in [0.1, 0.15) is 11.7 Å². The van der Waals surface area contributed by atoms with Crippen LogP contribution in [0.1, 0.15) is 10.4 Å². The van der Waals surface area contributed by atoms with Crippen molar-refractivity contribution in [2.24, 2.45) is 11.5 Å². The van der Waals surface area contributed by atoms with Gasteiger partial charge in [0.05, 0.1) is 16.9 Å². The molecule has 2 atom stereocenters. The van der Waals surface area contributed by atoms with E-state index in [0.717, 1.165) is 0 Å². The fraction of sp³-hybridized carbons (Fsp3) is 0.222. The fourth-order valence-corrected chi connectivity index (χ4v) is 1.57. The topological polar surface area (TPSA) is 156 Å². The number of carbonyl (C=O) groups excluding carboxylic acids is 1. The van der Waals surface area contributed by atoms with Gasteiger partial charge in [-0.2, -0.15) is 0 Å². The largest absolute Gasteiger partial charge is 0.470 e. The van der Waals surface area contributed by atoms with Crippen LogP contribution < -0.4 is 33.4 Å². The molecule has 0 aliphatic carbocycles. The molecule has 0 aromatic heterocycles. The zero-order valence-electron chi connectivity index (χ0n) is 8.44. The van der Waals surface area contributed by atoms with Crippen LogP contribution in [-0.4, -0.2) is 18.1 Å². The molecule has 0 bridgehead atoms. The first-order chi connectivity index (χ1) is 7.43. The Bertz CT molecular complexity index is 473. The molecule has 7 heteroatoms. The van der Waals surface area contributed by atoms with E-state index in [1.807, 2.05) is 0 Å². The molecule has 1 aliphatic rings. The summed E-state index contributed by atoms with van der Waals surface area (Å²) in [6, 6.07) is 0.477. The average Bonchev–Trinajstić information content (AvgIpc) is 2.25. The molecule has 7 nitrogen and oxygen atoms in total. The van der Waals surface area contributed by atoms with E-state index in [4.69, 9.17) is 33.4 Å². The van der Waals surface area contributed by atoms with Gasteiger partial charge >= 0.3 is 0 Å². The summed E-state index contributed by atoms with van der Waals surface area (Å²) in [4.78, 5) is 11.8. The Labute approximate surface area is 91.5 Å². The van der Waals surface area contributed by atoms with Gasteiger partial charge in [0.25, 0.3) is 0 Å². The van der Waals surface area contributed by atoms with Crippen molar-refractivity contribution in [2.75, 3.05) is 17.2 Å². The summed E-state index contributed by atoms with van der Waals surface area (Å²) >= 11 is 0. The van der Waals surface area contributed by atoms with E-state index in [0.29, 0.717) is 0 Å². The van der Waals surface area contributed by atoms with E-state index in [-0.39, 0.29) is 34.2 Å². The van der Waals surface area contributed by atoms with Crippen molar-refractivity contribution in [2.45, 2.75) is 12.3 Å². The molecule has 1 aliphatic heterocycles. The highest BCUT2D eigenvalue weighted by molar-refractivity contribution is 6.07. The van der Waals surface area contributed by atoms with E-state index in [1.54, 1.807) is 0 Å². The van der Waals surface area contributed by atoms with Crippen molar-refractivity contribution < 1.29 is 9.53 Å². The Kier molecular flexibility index (Phi) is 2.14. The minimum atomic E-state index is -0.926. The van der Waals surface area contributed by atoms with Crippen LogP contribution in [0.4, 0.5) is 17.1 Å². The number of Topliss-reactive ketones (excluding diaryl/α,β-unsaturated/α-hetero) is 1. The van der Waals surface area contributed by atoms with Crippen molar-refractivity contribution >= 4 is 22.8 Å². The van der Waals surface area contributed by atoms with E-state index in [1.165, 1.54) is 6.07 Å². The molecule has 0 fully saturated rings. The highest BCUT2D eigenvalue weighted by Crippen LogP contribution is 2.39. The maximum Gasteiger partial charge on any atom is 0.188 e. The predicted molar refractivity (Wildman–Crippen MR) is 60.6 cm³/mol. The molecule has 1 aromatic carbocycles. The Hall–Kier alpha value is -1.99. The molecule has 1 aromatic rings. The van der Waals surface area contributed by atoms with E-state index < -0.39 is 12.3 Å². The summed E-state index contributed by atoms with van der Waals surface area (Å²) < 4.78 is 5.25. The first kappa shape index (κ1) is 10.5. The quantitative estimate of drug-likeness (QED) is 0.339. The molecular formula is C9H13N5O2. The first-order valence-corrected chi connectivity index (χ1v) is 4.63. The monoisotopic (exact) mass is 223 g/mol. The van der Waals surface area contributed by atoms with Gasteiger partial charge in [0.15, 0.2) is 17.8 Å². The number of benzene rings is 1. The molecule has 2 unspecified atom stereocenters. The van der Waals surface area contributed by atoms with Crippen molar-refractivity contribution in [3.05, 3.63) is 11.6 Å². The smallest absolute Gasteiger partial charge is 0.188 e. The molecular weight excluding hydrogens is 210 g/mol. The molecule has 10 N–H and O–H groups in total. The average molecular weight is 223 g/mol. The third-order valence-corrected chi connectivity index (χ3v) is 2.57. The molecule has 86 valence electrons. The fourth-order valence-electron chi connectivity index (χ4n) is 1.57. The van der Waals surface area contributed by atoms with E-state index in [9.17, 15) is 4.79 Å². The van der Waals surface area contributed by atoms with Gasteiger partial charge in [-0.05, 0) is 6.07 Å². The molecule has 0 saturated carbocycles. The number of ketones is 1. The summed E-state index contributed by atoms with van der Waals surface area (Å²) in [6.45, 7) is 0. The molecule has 0 amide bonds. The normalized spacial score (nSPS) is 23.8. The van der Waals surface area contributed by atoms with Crippen molar-refractivity contribution in [1.82, 2.24) is 0 Å². The lowest BCUT2D eigenvalue weighted by molar-refractivity contribution is 0.0802. The Morgan fingerprint density at radius 3 is 2.38 bits per heavy atom. The summed E-state index contributed by atoms with van der Waals surface area (Å²) in [7, 11) is 0. The number of hydrogen-bond acceptors (Lipinski definition) is 7. The van der Waals surface area contributed by atoms with Crippen LogP contribution in [0.15, 0.2) is 6.07 Å². The highest BCUT2D eigenvalue weighted by atomic mass is 16.5.